The highest BCUT2D eigenvalue weighted by atomic mass is 79.9. The van der Waals surface area contributed by atoms with Gasteiger partial charge in [-0.05, 0) is 30.3 Å². The minimum Gasteiger partial charge on any atom is -0.464 e. The van der Waals surface area contributed by atoms with E-state index in [-0.39, 0.29) is 5.75 Å². The van der Waals surface area contributed by atoms with Crippen LogP contribution in [0.3, 0.4) is 0 Å². The molecule has 0 aliphatic heterocycles. The first-order valence-corrected chi connectivity index (χ1v) is 5.24. The fourth-order valence-corrected chi connectivity index (χ4v) is 1.67. The Bertz CT molecular complexity index is 469. The average molecular weight is 289 g/mol. The normalized spacial score (nSPS) is 10.8. The highest BCUT2D eigenvalue weighted by molar-refractivity contribution is 9.10. The van der Waals surface area contributed by atoms with Gasteiger partial charge in [-0.3, -0.25) is 0 Å². The molecule has 1 heterocycles. The van der Waals surface area contributed by atoms with Crippen molar-refractivity contribution in [2.75, 3.05) is 0 Å². The molecule has 84 valence electrons. The van der Waals surface area contributed by atoms with E-state index in [1.54, 1.807) is 24.3 Å². The van der Waals surface area contributed by atoms with Gasteiger partial charge in [0.25, 0.3) is 0 Å². The predicted molar refractivity (Wildman–Crippen MR) is 58.5 cm³/mol. The van der Waals surface area contributed by atoms with E-state index in [2.05, 4.69) is 20.7 Å². The predicted octanol–water partition coefficient (Wildman–Crippen LogP) is 4.31. The van der Waals surface area contributed by atoms with E-state index < -0.39 is 6.61 Å². The number of furan rings is 1. The second kappa shape index (κ2) is 4.65. The topological polar surface area (TPSA) is 22.4 Å². The third-order valence-electron chi connectivity index (χ3n) is 1.95. The number of hydrogen-bond acceptors (Lipinski definition) is 2. The second-order valence-electron chi connectivity index (χ2n) is 3.00. The Morgan fingerprint density at radius 1 is 1.25 bits per heavy atom. The molecule has 1 aromatic heterocycles. The quantitative estimate of drug-likeness (QED) is 0.840. The summed E-state index contributed by atoms with van der Waals surface area (Å²) in [4.78, 5) is 0. The van der Waals surface area contributed by atoms with Gasteiger partial charge in [-0.2, -0.15) is 8.78 Å². The van der Waals surface area contributed by atoms with Gasteiger partial charge in [0.2, 0.25) is 0 Å². The maximum Gasteiger partial charge on any atom is 0.387 e. The summed E-state index contributed by atoms with van der Waals surface area (Å²) in [6, 6.07) is 8.23. The third kappa shape index (κ3) is 2.41. The molecule has 0 saturated carbocycles. The molecular formula is C11H7BrF2O2. The summed E-state index contributed by atoms with van der Waals surface area (Å²) in [5, 5.41) is 0. The van der Waals surface area contributed by atoms with Crippen molar-refractivity contribution in [3.05, 3.63) is 41.1 Å². The molecule has 0 amide bonds. The van der Waals surface area contributed by atoms with E-state index in [1.165, 1.54) is 12.3 Å². The van der Waals surface area contributed by atoms with Crippen LogP contribution >= 0.6 is 15.9 Å². The molecule has 2 rings (SSSR count). The van der Waals surface area contributed by atoms with Crippen molar-refractivity contribution >= 4 is 15.9 Å². The van der Waals surface area contributed by atoms with Gasteiger partial charge in [-0.25, -0.2) is 0 Å². The second-order valence-corrected chi connectivity index (χ2v) is 3.91. The van der Waals surface area contributed by atoms with Gasteiger partial charge in [-0.1, -0.05) is 15.9 Å². The average Bonchev–Trinajstić information content (AvgIpc) is 2.69. The molecule has 0 bridgehead atoms. The van der Waals surface area contributed by atoms with Crippen molar-refractivity contribution in [3.63, 3.8) is 0 Å². The zero-order chi connectivity index (χ0) is 11.5. The Labute approximate surface area is 99.0 Å². The van der Waals surface area contributed by atoms with Gasteiger partial charge in [-0.15, -0.1) is 0 Å². The number of benzene rings is 1. The summed E-state index contributed by atoms with van der Waals surface area (Å²) in [6.45, 7) is -2.86. The maximum atomic E-state index is 12.2. The van der Waals surface area contributed by atoms with Crippen LogP contribution in [-0.4, -0.2) is 6.61 Å². The molecule has 0 aliphatic rings. The number of ether oxygens (including phenoxy) is 1. The fourth-order valence-electron chi connectivity index (χ4n) is 1.33. The van der Waals surface area contributed by atoms with E-state index in [4.69, 9.17) is 4.42 Å². The lowest BCUT2D eigenvalue weighted by molar-refractivity contribution is -0.0495. The van der Waals surface area contributed by atoms with Crippen LogP contribution in [0, 0.1) is 0 Å². The van der Waals surface area contributed by atoms with Gasteiger partial charge in [0.15, 0.2) is 0 Å². The Balaban J connectivity index is 2.44. The minimum atomic E-state index is -2.86. The van der Waals surface area contributed by atoms with Crippen LogP contribution in [0.5, 0.6) is 5.75 Å². The smallest absolute Gasteiger partial charge is 0.387 e. The molecule has 0 saturated heterocycles. The van der Waals surface area contributed by atoms with E-state index in [1.807, 2.05) is 0 Å². The summed E-state index contributed by atoms with van der Waals surface area (Å²) >= 11 is 3.19. The van der Waals surface area contributed by atoms with E-state index >= 15 is 0 Å². The first kappa shape index (κ1) is 11.1. The van der Waals surface area contributed by atoms with Crippen LogP contribution in [0.25, 0.3) is 11.3 Å². The number of halogens is 3. The first-order valence-electron chi connectivity index (χ1n) is 4.45. The SMILES string of the molecule is FC(F)Oc1cc(Br)ccc1-c1ccco1. The molecule has 2 nitrogen and oxygen atoms in total. The van der Waals surface area contributed by atoms with E-state index in [9.17, 15) is 8.78 Å². The standard InChI is InChI=1S/C11H7BrF2O2/c12-7-3-4-8(9-2-1-5-15-9)10(6-7)16-11(13)14/h1-6,11H. The lowest BCUT2D eigenvalue weighted by Gasteiger charge is -2.09. The molecule has 0 aliphatic carbocycles. The van der Waals surface area contributed by atoms with Gasteiger partial charge >= 0.3 is 6.61 Å². The summed E-state index contributed by atoms with van der Waals surface area (Å²) < 4.78 is 34.6. The maximum absolute atomic E-state index is 12.2. The molecule has 1 aromatic carbocycles. The van der Waals surface area contributed by atoms with Gasteiger partial charge in [0.05, 0.1) is 11.8 Å². The van der Waals surface area contributed by atoms with Gasteiger partial charge < -0.3 is 9.15 Å². The Hall–Kier alpha value is -1.36. The largest absolute Gasteiger partial charge is 0.464 e. The molecule has 2 aromatic rings. The van der Waals surface area contributed by atoms with Crippen molar-refractivity contribution in [1.29, 1.82) is 0 Å². The Kier molecular flexibility index (Phi) is 3.24. The van der Waals surface area contributed by atoms with Crippen molar-refractivity contribution in [1.82, 2.24) is 0 Å². The van der Waals surface area contributed by atoms with Crippen LogP contribution in [0.1, 0.15) is 0 Å². The molecule has 0 radical (unpaired) electrons. The van der Waals surface area contributed by atoms with Crippen LogP contribution in [0.15, 0.2) is 45.5 Å². The van der Waals surface area contributed by atoms with Crippen molar-refractivity contribution in [2.45, 2.75) is 6.61 Å². The van der Waals surface area contributed by atoms with E-state index in [0.29, 0.717) is 15.8 Å². The van der Waals surface area contributed by atoms with Crippen LogP contribution in [-0.2, 0) is 0 Å². The lowest BCUT2D eigenvalue weighted by atomic mass is 10.1. The molecule has 0 spiro atoms. The Morgan fingerprint density at radius 3 is 2.69 bits per heavy atom. The van der Waals surface area contributed by atoms with Crippen LogP contribution in [0.4, 0.5) is 8.78 Å². The van der Waals surface area contributed by atoms with Gasteiger partial charge in [0, 0.05) is 4.47 Å². The fraction of sp³-hybridized carbons (Fsp3) is 0.0909. The zero-order valence-electron chi connectivity index (χ0n) is 7.99. The molecule has 16 heavy (non-hydrogen) atoms. The summed E-state index contributed by atoms with van der Waals surface area (Å²) in [7, 11) is 0. The molecule has 0 fully saturated rings. The van der Waals surface area contributed by atoms with Crippen LogP contribution < -0.4 is 4.74 Å². The van der Waals surface area contributed by atoms with Crippen molar-refractivity contribution in [2.24, 2.45) is 0 Å². The van der Waals surface area contributed by atoms with Crippen LogP contribution in [0.2, 0.25) is 0 Å². The lowest BCUT2D eigenvalue weighted by Crippen LogP contribution is -2.03. The number of rotatable bonds is 3. The highest BCUT2D eigenvalue weighted by Crippen LogP contribution is 2.33. The van der Waals surface area contributed by atoms with Crippen molar-refractivity contribution in [3.8, 4) is 17.1 Å². The summed E-state index contributed by atoms with van der Waals surface area (Å²) in [5.41, 5.74) is 0.494. The summed E-state index contributed by atoms with van der Waals surface area (Å²) in [5.74, 6) is 0.572. The Morgan fingerprint density at radius 2 is 2.06 bits per heavy atom. The first-order chi connectivity index (χ1) is 7.66. The van der Waals surface area contributed by atoms with Gasteiger partial charge in [0.1, 0.15) is 11.5 Å². The molecular weight excluding hydrogens is 282 g/mol. The highest BCUT2D eigenvalue weighted by Gasteiger charge is 2.13. The number of alkyl halides is 2. The van der Waals surface area contributed by atoms with Crippen molar-refractivity contribution < 1.29 is 17.9 Å². The third-order valence-corrected chi connectivity index (χ3v) is 2.44. The zero-order valence-corrected chi connectivity index (χ0v) is 9.58. The van der Waals surface area contributed by atoms with E-state index in [0.717, 1.165) is 0 Å². The molecule has 0 unspecified atom stereocenters. The molecule has 0 N–H and O–H groups in total. The summed E-state index contributed by atoms with van der Waals surface area (Å²) in [6.07, 6.45) is 1.48. The molecule has 5 heteroatoms. The number of hydrogen-bond donors (Lipinski definition) is 0. The monoisotopic (exact) mass is 288 g/mol. The molecule has 0 atom stereocenters. The minimum absolute atomic E-state index is 0.0827.